The molecule has 2 amide bonds. The van der Waals surface area contributed by atoms with Gasteiger partial charge in [0.2, 0.25) is 5.91 Å². The average molecular weight is 628 g/mol. The van der Waals surface area contributed by atoms with E-state index in [4.69, 9.17) is 0 Å². The van der Waals surface area contributed by atoms with E-state index in [0.29, 0.717) is 12.8 Å². The summed E-state index contributed by atoms with van der Waals surface area (Å²) in [6.45, 7) is 6.79. The molecule has 12 heteroatoms. The second kappa shape index (κ2) is 14.7. The van der Waals surface area contributed by atoms with Crippen molar-refractivity contribution in [2.75, 3.05) is 25.1 Å². The molecule has 1 fully saturated rings. The topological polar surface area (TPSA) is 95.6 Å². The number of hydrogen-bond acceptors (Lipinski definition) is 6. The number of alkyl halides is 3. The van der Waals surface area contributed by atoms with Crippen LogP contribution in [0.4, 0.5) is 13.2 Å². The van der Waals surface area contributed by atoms with E-state index in [1.54, 1.807) is 24.3 Å². The predicted molar refractivity (Wildman–Crippen MR) is 159 cm³/mol. The Hall–Kier alpha value is -2.57. The molecule has 0 aliphatic heterocycles. The van der Waals surface area contributed by atoms with E-state index >= 15 is 0 Å². The van der Waals surface area contributed by atoms with Gasteiger partial charge in [-0.25, -0.2) is 8.42 Å². The van der Waals surface area contributed by atoms with Gasteiger partial charge in [-0.3, -0.25) is 14.5 Å². The number of thioether (sulfide) groups is 1. The summed E-state index contributed by atoms with van der Waals surface area (Å²) in [5.74, 6) is -1.84. The number of amides is 2. The van der Waals surface area contributed by atoms with Crippen LogP contribution in [0.25, 0.3) is 0 Å². The highest BCUT2D eigenvalue weighted by atomic mass is 32.2. The van der Waals surface area contributed by atoms with Crippen molar-refractivity contribution in [2.45, 2.75) is 80.5 Å². The van der Waals surface area contributed by atoms with E-state index < -0.39 is 46.0 Å². The molecule has 0 bridgehead atoms. The first-order valence-electron chi connectivity index (χ1n) is 14.1. The normalized spacial score (nSPS) is 19.6. The Morgan fingerprint density at radius 2 is 1.79 bits per heavy atom. The van der Waals surface area contributed by atoms with E-state index in [1.165, 1.54) is 17.8 Å². The maximum Gasteiger partial charge on any atom is 0.416 e. The van der Waals surface area contributed by atoms with Crippen LogP contribution < -0.4 is 10.6 Å². The lowest BCUT2D eigenvalue weighted by Crippen LogP contribution is -2.53. The minimum Gasteiger partial charge on any atom is -0.352 e. The van der Waals surface area contributed by atoms with Crippen molar-refractivity contribution in [1.82, 2.24) is 15.5 Å². The number of benzene rings is 2. The molecule has 0 spiro atoms. The molecule has 0 aromatic heterocycles. The highest BCUT2D eigenvalue weighted by Crippen LogP contribution is 2.33. The van der Waals surface area contributed by atoms with Crippen LogP contribution in [0, 0.1) is 5.92 Å². The summed E-state index contributed by atoms with van der Waals surface area (Å²) < 4.78 is 66.0. The van der Waals surface area contributed by atoms with Crippen molar-refractivity contribution >= 4 is 33.4 Å². The van der Waals surface area contributed by atoms with Gasteiger partial charge in [0.1, 0.15) is 0 Å². The van der Waals surface area contributed by atoms with Gasteiger partial charge in [0.25, 0.3) is 5.91 Å². The van der Waals surface area contributed by atoms with Gasteiger partial charge >= 0.3 is 6.18 Å². The highest BCUT2D eigenvalue weighted by Gasteiger charge is 2.37. The van der Waals surface area contributed by atoms with Crippen molar-refractivity contribution in [1.29, 1.82) is 0 Å². The van der Waals surface area contributed by atoms with E-state index in [1.807, 2.05) is 6.26 Å². The van der Waals surface area contributed by atoms with Crippen LogP contribution in [0.3, 0.4) is 0 Å². The molecule has 2 aromatic carbocycles. The van der Waals surface area contributed by atoms with Crippen LogP contribution in [0.1, 0.15) is 62.4 Å². The maximum atomic E-state index is 13.5. The molecule has 2 aromatic rings. The van der Waals surface area contributed by atoms with Crippen LogP contribution in [0.15, 0.2) is 58.3 Å². The Morgan fingerprint density at radius 1 is 1.10 bits per heavy atom. The molecule has 0 saturated heterocycles. The van der Waals surface area contributed by atoms with E-state index in [0.717, 1.165) is 42.5 Å². The van der Waals surface area contributed by atoms with Crippen molar-refractivity contribution in [2.24, 2.45) is 5.92 Å². The number of carbonyl (C=O) groups is 2. The quantitative estimate of drug-likeness (QED) is 0.306. The summed E-state index contributed by atoms with van der Waals surface area (Å²) in [6, 6.07) is 10.7. The summed E-state index contributed by atoms with van der Waals surface area (Å²) in [4.78, 5) is 28.9. The van der Waals surface area contributed by atoms with Gasteiger partial charge in [-0.05, 0) is 101 Å². The zero-order valence-corrected chi connectivity index (χ0v) is 26.0. The first-order chi connectivity index (χ1) is 19.7. The monoisotopic (exact) mass is 627 g/mol. The fourth-order valence-electron chi connectivity index (χ4n) is 5.55. The van der Waals surface area contributed by atoms with Gasteiger partial charge in [0.05, 0.1) is 22.8 Å². The zero-order chi connectivity index (χ0) is 31.1. The van der Waals surface area contributed by atoms with Crippen molar-refractivity contribution < 1.29 is 31.2 Å². The summed E-state index contributed by atoms with van der Waals surface area (Å²) >= 11 is 1.52. The lowest BCUT2D eigenvalue weighted by atomic mass is 9.81. The van der Waals surface area contributed by atoms with Crippen LogP contribution in [0.5, 0.6) is 0 Å². The summed E-state index contributed by atoms with van der Waals surface area (Å²) in [7, 11) is -3.65. The lowest BCUT2D eigenvalue weighted by molar-refractivity contribution is -0.137. The number of hydrogen-bond donors (Lipinski definition) is 2. The first kappa shape index (κ1) is 33.9. The summed E-state index contributed by atoms with van der Waals surface area (Å²) in [5.41, 5.74) is -1.17. The number of nitrogens with zero attached hydrogens (tertiary/aromatic N) is 1. The number of carbonyl (C=O) groups excluding carboxylic acids is 2. The molecule has 3 atom stereocenters. The van der Waals surface area contributed by atoms with Gasteiger partial charge in [-0.2, -0.15) is 13.2 Å². The molecular weight excluding hydrogens is 587 g/mol. The van der Waals surface area contributed by atoms with Gasteiger partial charge in [0, 0.05) is 28.6 Å². The molecule has 42 heavy (non-hydrogen) atoms. The Bertz CT molecular complexity index is 1320. The highest BCUT2D eigenvalue weighted by molar-refractivity contribution is 7.98. The van der Waals surface area contributed by atoms with Crippen LogP contribution in [-0.4, -0.2) is 68.4 Å². The summed E-state index contributed by atoms with van der Waals surface area (Å²) in [5, 5.41) is 5.28. The molecule has 2 unspecified atom stereocenters. The third-order valence-electron chi connectivity index (χ3n) is 7.63. The molecule has 7 nitrogen and oxygen atoms in total. The van der Waals surface area contributed by atoms with E-state index in [2.05, 4.69) is 36.3 Å². The number of nitrogens with one attached hydrogen (secondary N) is 2. The van der Waals surface area contributed by atoms with Gasteiger partial charge in [-0.15, -0.1) is 11.8 Å². The smallest absolute Gasteiger partial charge is 0.352 e. The Morgan fingerprint density at radius 3 is 2.38 bits per heavy atom. The third kappa shape index (κ3) is 9.21. The maximum absolute atomic E-state index is 13.5. The van der Waals surface area contributed by atoms with Crippen LogP contribution in [-0.2, 0) is 20.8 Å². The minimum absolute atomic E-state index is 0.137. The Balaban J connectivity index is 1.73. The number of rotatable bonds is 12. The first-order valence-corrected chi connectivity index (χ1v) is 17.0. The van der Waals surface area contributed by atoms with Gasteiger partial charge in [-0.1, -0.05) is 13.0 Å². The molecule has 0 heterocycles. The fraction of sp³-hybridized carbons (Fsp3) is 0.533. The number of halogens is 3. The van der Waals surface area contributed by atoms with Gasteiger partial charge in [0.15, 0.2) is 9.84 Å². The molecule has 1 aliphatic rings. The van der Waals surface area contributed by atoms with Crippen molar-refractivity contribution in [3.63, 3.8) is 0 Å². The lowest BCUT2D eigenvalue weighted by Gasteiger charge is -2.43. The third-order valence-corrected chi connectivity index (χ3v) is 10.2. The average Bonchev–Trinajstić information content (AvgIpc) is 2.95. The van der Waals surface area contributed by atoms with Gasteiger partial charge < -0.3 is 10.6 Å². The Labute approximate surface area is 250 Å². The standard InChI is InChI=1S/C30H40F3N3O4S2/c1-5-15-36(20(2)3)24-9-14-27(22(17-24)19-42(39,40)26-12-10-25(41-4)11-13-26)35-28(37)18-34-29(38)21-7-6-8-23(16-21)30(31,32)33/h6-8,10-13,16,20,22,24,27H,5,9,14-15,17-19H2,1-4H3,(H,34,38)(H,35,37)/t22?,24-,27?/m1/s1. The minimum atomic E-state index is -4.60. The molecule has 2 N–H and O–H groups in total. The molecule has 0 radical (unpaired) electrons. The largest absolute Gasteiger partial charge is 0.416 e. The predicted octanol–water partition coefficient (Wildman–Crippen LogP) is 5.40. The zero-order valence-electron chi connectivity index (χ0n) is 24.4. The molecular formula is C30H40F3N3O4S2. The second-order valence-corrected chi connectivity index (χ2v) is 13.9. The molecule has 232 valence electrons. The molecule has 3 rings (SSSR count). The summed E-state index contributed by atoms with van der Waals surface area (Å²) in [6.07, 6.45) is 0.209. The SMILES string of the molecule is CCCN(C(C)C)[C@@H]1CCC(NC(=O)CNC(=O)c2cccc(C(F)(F)F)c2)C(CS(=O)(=O)c2ccc(SC)cc2)C1. The van der Waals surface area contributed by atoms with E-state index in [9.17, 15) is 31.2 Å². The Kier molecular flexibility index (Phi) is 11.9. The van der Waals surface area contributed by atoms with Crippen LogP contribution in [0.2, 0.25) is 0 Å². The van der Waals surface area contributed by atoms with E-state index in [-0.39, 0.29) is 34.2 Å². The molecule has 1 aliphatic carbocycles. The van der Waals surface area contributed by atoms with Crippen molar-refractivity contribution in [3.8, 4) is 0 Å². The molecule has 1 saturated carbocycles. The fourth-order valence-corrected chi connectivity index (χ4v) is 7.64. The van der Waals surface area contributed by atoms with Crippen LogP contribution >= 0.6 is 11.8 Å². The number of sulfone groups is 1. The van der Waals surface area contributed by atoms with Crippen molar-refractivity contribution in [3.05, 3.63) is 59.7 Å². The second-order valence-electron chi connectivity index (χ2n) is 11.0.